The number of ether oxygens (including phenoxy) is 1. The molecule has 1 aromatic heterocycles. The fourth-order valence-corrected chi connectivity index (χ4v) is 3.07. The third-order valence-corrected chi connectivity index (χ3v) is 4.03. The lowest BCUT2D eigenvalue weighted by atomic mass is 10.2. The van der Waals surface area contributed by atoms with Gasteiger partial charge in [0.15, 0.2) is 0 Å². The Morgan fingerprint density at radius 2 is 2.05 bits per heavy atom. The van der Waals surface area contributed by atoms with E-state index in [1.54, 1.807) is 18.2 Å². The number of hydrogen-bond donors (Lipinski definition) is 1. The normalized spacial score (nSPS) is 10.2. The lowest BCUT2D eigenvalue weighted by Gasteiger charge is -2.07. The van der Waals surface area contributed by atoms with Crippen LogP contribution >= 0.6 is 27.7 Å². The second kappa shape index (κ2) is 6.73. The molecule has 0 atom stereocenters. The maximum atomic E-state index is 11.5. The first-order chi connectivity index (χ1) is 10.0. The summed E-state index contributed by atoms with van der Waals surface area (Å²) in [5, 5.41) is 9.70. The Balaban J connectivity index is 2.36. The highest BCUT2D eigenvalue weighted by Crippen LogP contribution is 2.32. The van der Waals surface area contributed by atoms with E-state index in [4.69, 9.17) is 0 Å². The number of pyridine rings is 1. The average molecular weight is 368 g/mol. The predicted octanol–water partition coefficient (Wildman–Crippen LogP) is 3.48. The van der Waals surface area contributed by atoms with Gasteiger partial charge in [-0.2, -0.15) is 0 Å². The number of carbonyl (C=O) groups excluding carboxylic acids is 1. The van der Waals surface area contributed by atoms with Crippen LogP contribution in [-0.4, -0.2) is 29.1 Å². The predicted molar refractivity (Wildman–Crippen MR) is 80.8 cm³/mol. The summed E-state index contributed by atoms with van der Waals surface area (Å²) in [6, 6.07) is 7.96. The number of aromatic carboxylic acids is 1. The highest BCUT2D eigenvalue weighted by molar-refractivity contribution is 9.10. The topological polar surface area (TPSA) is 76.5 Å². The van der Waals surface area contributed by atoms with Crippen LogP contribution in [-0.2, 0) is 4.74 Å². The van der Waals surface area contributed by atoms with Gasteiger partial charge in [-0.25, -0.2) is 14.6 Å². The molecular formula is C14H10BrNO4S. The van der Waals surface area contributed by atoms with Crippen LogP contribution in [0.1, 0.15) is 20.7 Å². The molecule has 0 amide bonds. The molecule has 1 N–H and O–H groups in total. The number of benzene rings is 1. The van der Waals surface area contributed by atoms with E-state index in [1.807, 2.05) is 0 Å². The third-order valence-electron chi connectivity index (χ3n) is 2.54. The van der Waals surface area contributed by atoms with Crippen LogP contribution in [0.4, 0.5) is 0 Å². The molecule has 0 saturated heterocycles. The van der Waals surface area contributed by atoms with E-state index in [9.17, 15) is 14.7 Å². The van der Waals surface area contributed by atoms with Gasteiger partial charge in [-0.1, -0.05) is 27.7 Å². The summed E-state index contributed by atoms with van der Waals surface area (Å²) in [6.07, 6.45) is 1.48. The molecule has 0 aliphatic rings. The van der Waals surface area contributed by atoms with Gasteiger partial charge in [-0.05, 0) is 30.3 Å². The summed E-state index contributed by atoms with van der Waals surface area (Å²) in [4.78, 5) is 27.4. The molecule has 0 fully saturated rings. The Labute approximate surface area is 133 Å². The summed E-state index contributed by atoms with van der Waals surface area (Å²) in [7, 11) is 1.30. The highest BCUT2D eigenvalue weighted by atomic mass is 79.9. The number of halogens is 1. The second-order valence-electron chi connectivity index (χ2n) is 3.92. The first-order valence-corrected chi connectivity index (χ1v) is 7.37. The SMILES string of the molecule is COC(=O)c1ccnc(Sc2cc(Br)ccc2C(=O)O)c1. The molecule has 21 heavy (non-hydrogen) atoms. The van der Waals surface area contributed by atoms with E-state index >= 15 is 0 Å². The van der Waals surface area contributed by atoms with Crippen LogP contribution in [0.15, 0.2) is 50.9 Å². The van der Waals surface area contributed by atoms with Crippen molar-refractivity contribution in [2.75, 3.05) is 7.11 Å². The van der Waals surface area contributed by atoms with E-state index in [1.165, 1.54) is 37.2 Å². The van der Waals surface area contributed by atoms with Crippen LogP contribution < -0.4 is 0 Å². The number of methoxy groups -OCH3 is 1. The van der Waals surface area contributed by atoms with Gasteiger partial charge in [-0.3, -0.25) is 0 Å². The number of carbonyl (C=O) groups is 2. The van der Waals surface area contributed by atoms with Crippen molar-refractivity contribution in [1.29, 1.82) is 0 Å². The molecule has 0 unspecified atom stereocenters. The van der Waals surface area contributed by atoms with Crippen molar-refractivity contribution in [2.45, 2.75) is 9.92 Å². The monoisotopic (exact) mass is 367 g/mol. The standard InChI is InChI=1S/C14H10BrNO4S/c1-20-14(19)8-4-5-16-12(6-8)21-11-7-9(15)2-3-10(11)13(17)18/h2-7H,1H3,(H,17,18). The number of rotatable bonds is 4. The molecule has 0 radical (unpaired) electrons. The fourth-order valence-electron chi connectivity index (χ4n) is 1.58. The molecule has 0 aliphatic heterocycles. The molecule has 7 heteroatoms. The highest BCUT2D eigenvalue weighted by Gasteiger charge is 2.13. The minimum absolute atomic E-state index is 0.175. The number of aromatic nitrogens is 1. The Morgan fingerprint density at radius 3 is 2.71 bits per heavy atom. The van der Waals surface area contributed by atoms with Crippen molar-refractivity contribution >= 4 is 39.6 Å². The van der Waals surface area contributed by atoms with Crippen molar-refractivity contribution in [3.63, 3.8) is 0 Å². The Morgan fingerprint density at radius 1 is 1.29 bits per heavy atom. The zero-order chi connectivity index (χ0) is 15.4. The minimum Gasteiger partial charge on any atom is -0.478 e. The number of nitrogens with zero attached hydrogens (tertiary/aromatic N) is 1. The van der Waals surface area contributed by atoms with E-state index in [-0.39, 0.29) is 5.56 Å². The lowest BCUT2D eigenvalue weighted by Crippen LogP contribution is -2.02. The molecule has 1 heterocycles. The zero-order valence-electron chi connectivity index (χ0n) is 10.9. The molecule has 0 aliphatic carbocycles. The van der Waals surface area contributed by atoms with E-state index in [0.29, 0.717) is 15.5 Å². The molecule has 2 rings (SSSR count). The number of esters is 1. The summed E-state index contributed by atoms with van der Waals surface area (Å²) in [6.45, 7) is 0. The first-order valence-electron chi connectivity index (χ1n) is 5.76. The summed E-state index contributed by atoms with van der Waals surface area (Å²) in [5.41, 5.74) is 0.537. The van der Waals surface area contributed by atoms with Crippen molar-refractivity contribution in [3.05, 3.63) is 52.1 Å². The van der Waals surface area contributed by atoms with Gasteiger partial charge in [0, 0.05) is 15.6 Å². The maximum absolute atomic E-state index is 11.5. The Bertz CT molecular complexity index is 705. The van der Waals surface area contributed by atoms with Gasteiger partial charge in [0.1, 0.15) is 5.03 Å². The zero-order valence-corrected chi connectivity index (χ0v) is 13.3. The van der Waals surface area contributed by atoms with Gasteiger partial charge >= 0.3 is 11.9 Å². The van der Waals surface area contributed by atoms with E-state index < -0.39 is 11.9 Å². The lowest BCUT2D eigenvalue weighted by molar-refractivity contribution is 0.0599. The van der Waals surface area contributed by atoms with Gasteiger partial charge < -0.3 is 9.84 Å². The van der Waals surface area contributed by atoms with Crippen LogP contribution in [0.2, 0.25) is 0 Å². The van der Waals surface area contributed by atoms with Gasteiger partial charge in [0.25, 0.3) is 0 Å². The van der Waals surface area contributed by atoms with Crippen molar-refractivity contribution in [2.24, 2.45) is 0 Å². The van der Waals surface area contributed by atoms with Crippen LogP contribution in [0.3, 0.4) is 0 Å². The van der Waals surface area contributed by atoms with Crippen LogP contribution in [0.25, 0.3) is 0 Å². The quantitative estimate of drug-likeness (QED) is 0.833. The summed E-state index contributed by atoms with van der Waals surface area (Å²) >= 11 is 4.48. The summed E-state index contributed by atoms with van der Waals surface area (Å²) < 4.78 is 5.41. The molecule has 1 aromatic carbocycles. The fraction of sp³-hybridized carbons (Fsp3) is 0.0714. The molecule has 5 nitrogen and oxygen atoms in total. The summed E-state index contributed by atoms with van der Waals surface area (Å²) in [5.74, 6) is -1.49. The molecule has 0 spiro atoms. The molecule has 2 aromatic rings. The van der Waals surface area contributed by atoms with Crippen molar-refractivity contribution in [1.82, 2.24) is 4.98 Å². The Hall–Kier alpha value is -1.86. The first kappa shape index (κ1) is 15.5. The van der Waals surface area contributed by atoms with Gasteiger partial charge in [0.2, 0.25) is 0 Å². The van der Waals surface area contributed by atoms with E-state index in [0.717, 1.165) is 4.47 Å². The number of carboxylic acid groups (broad SMARTS) is 1. The number of hydrogen-bond acceptors (Lipinski definition) is 5. The third kappa shape index (κ3) is 3.83. The largest absolute Gasteiger partial charge is 0.478 e. The van der Waals surface area contributed by atoms with Gasteiger partial charge in [0.05, 0.1) is 18.2 Å². The van der Waals surface area contributed by atoms with Crippen molar-refractivity contribution < 1.29 is 19.4 Å². The molecular weight excluding hydrogens is 358 g/mol. The van der Waals surface area contributed by atoms with Crippen LogP contribution in [0, 0.1) is 0 Å². The molecule has 108 valence electrons. The maximum Gasteiger partial charge on any atom is 0.337 e. The van der Waals surface area contributed by atoms with E-state index in [2.05, 4.69) is 25.7 Å². The smallest absolute Gasteiger partial charge is 0.337 e. The molecule has 0 bridgehead atoms. The molecule has 0 saturated carbocycles. The minimum atomic E-state index is -1.02. The van der Waals surface area contributed by atoms with Gasteiger partial charge in [-0.15, -0.1) is 0 Å². The van der Waals surface area contributed by atoms with Crippen LogP contribution in [0.5, 0.6) is 0 Å². The Kier molecular flexibility index (Phi) is 4.98. The van der Waals surface area contributed by atoms with Crippen molar-refractivity contribution in [3.8, 4) is 0 Å². The second-order valence-corrected chi connectivity index (χ2v) is 5.90. The number of carboxylic acids is 1. The average Bonchev–Trinajstić information content (AvgIpc) is 2.46.